The Morgan fingerprint density at radius 2 is 1.89 bits per heavy atom. The van der Waals surface area contributed by atoms with Gasteiger partial charge in [-0.2, -0.15) is 5.10 Å². The summed E-state index contributed by atoms with van der Waals surface area (Å²) in [5, 5.41) is 4.50. The smallest absolute Gasteiger partial charge is 0.0596 e. The Morgan fingerprint density at radius 1 is 1.21 bits per heavy atom. The fraction of sp³-hybridized carbons (Fsp3) is 0.438. The van der Waals surface area contributed by atoms with Crippen LogP contribution < -0.4 is 5.73 Å². The van der Waals surface area contributed by atoms with E-state index in [9.17, 15) is 0 Å². The van der Waals surface area contributed by atoms with E-state index in [1.165, 1.54) is 11.3 Å². The molecule has 19 heavy (non-hydrogen) atoms. The van der Waals surface area contributed by atoms with Crippen molar-refractivity contribution in [3.63, 3.8) is 0 Å². The van der Waals surface area contributed by atoms with Gasteiger partial charge in [0.2, 0.25) is 0 Å². The monoisotopic (exact) mass is 257 g/mol. The fourth-order valence-electron chi connectivity index (χ4n) is 2.54. The van der Waals surface area contributed by atoms with E-state index in [0.29, 0.717) is 0 Å². The van der Waals surface area contributed by atoms with Crippen molar-refractivity contribution in [2.45, 2.75) is 45.7 Å². The van der Waals surface area contributed by atoms with Crippen LogP contribution in [-0.4, -0.2) is 9.78 Å². The third-order valence-corrected chi connectivity index (χ3v) is 3.76. The molecular formula is C16H23N3. The Bertz CT molecular complexity index is 530. The van der Waals surface area contributed by atoms with Crippen molar-refractivity contribution in [3.05, 3.63) is 53.3 Å². The van der Waals surface area contributed by atoms with Gasteiger partial charge in [-0.25, -0.2) is 0 Å². The number of hydrogen-bond donors (Lipinski definition) is 1. The minimum Gasteiger partial charge on any atom is -0.321 e. The second-order valence-electron chi connectivity index (χ2n) is 5.15. The number of rotatable bonds is 5. The van der Waals surface area contributed by atoms with Crippen LogP contribution >= 0.6 is 0 Å². The zero-order valence-corrected chi connectivity index (χ0v) is 12.1. The third-order valence-electron chi connectivity index (χ3n) is 3.76. The van der Waals surface area contributed by atoms with Crippen LogP contribution in [0.25, 0.3) is 0 Å². The minimum absolute atomic E-state index is 0.319. The van der Waals surface area contributed by atoms with E-state index in [-0.39, 0.29) is 5.54 Å². The maximum absolute atomic E-state index is 6.64. The van der Waals surface area contributed by atoms with E-state index >= 15 is 0 Å². The molecule has 1 heterocycles. The lowest BCUT2D eigenvalue weighted by atomic mass is 9.84. The summed E-state index contributed by atoms with van der Waals surface area (Å²) in [6, 6.07) is 12.5. The number of aromatic nitrogens is 2. The van der Waals surface area contributed by atoms with Gasteiger partial charge >= 0.3 is 0 Å². The zero-order chi connectivity index (χ0) is 13.9. The van der Waals surface area contributed by atoms with Crippen LogP contribution in [0.15, 0.2) is 36.4 Å². The summed E-state index contributed by atoms with van der Waals surface area (Å²) >= 11 is 0. The molecule has 3 heteroatoms. The molecule has 1 aromatic heterocycles. The molecule has 2 rings (SSSR count). The number of benzene rings is 1. The molecule has 0 fully saturated rings. The van der Waals surface area contributed by atoms with E-state index in [0.717, 1.165) is 25.1 Å². The summed E-state index contributed by atoms with van der Waals surface area (Å²) in [6.07, 6.45) is 1.73. The van der Waals surface area contributed by atoms with E-state index < -0.39 is 0 Å². The quantitative estimate of drug-likeness (QED) is 0.894. The van der Waals surface area contributed by atoms with Gasteiger partial charge in [-0.1, -0.05) is 37.3 Å². The van der Waals surface area contributed by atoms with Crippen LogP contribution in [0.1, 0.15) is 37.2 Å². The molecule has 1 atom stereocenters. The first-order valence-electron chi connectivity index (χ1n) is 6.97. The van der Waals surface area contributed by atoms with Crippen molar-refractivity contribution in [1.82, 2.24) is 9.78 Å². The van der Waals surface area contributed by atoms with E-state index in [4.69, 9.17) is 5.73 Å². The predicted molar refractivity (Wildman–Crippen MR) is 78.9 cm³/mol. The number of aryl methyl sites for hydroxylation is 2. The molecule has 0 saturated heterocycles. The van der Waals surface area contributed by atoms with Gasteiger partial charge in [-0.15, -0.1) is 0 Å². The van der Waals surface area contributed by atoms with E-state index in [2.05, 4.69) is 54.0 Å². The Labute approximate surface area is 115 Å². The molecule has 0 saturated carbocycles. The van der Waals surface area contributed by atoms with Crippen LogP contribution in [0, 0.1) is 6.92 Å². The lowest BCUT2D eigenvalue weighted by Gasteiger charge is -2.29. The average molecular weight is 257 g/mol. The Morgan fingerprint density at radius 3 is 2.47 bits per heavy atom. The van der Waals surface area contributed by atoms with Gasteiger partial charge in [-0.05, 0) is 31.9 Å². The molecule has 0 aliphatic carbocycles. The molecule has 3 nitrogen and oxygen atoms in total. The fourth-order valence-corrected chi connectivity index (χ4v) is 2.54. The highest BCUT2D eigenvalue weighted by Gasteiger charge is 2.27. The molecule has 1 aromatic carbocycles. The highest BCUT2D eigenvalue weighted by molar-refractivity contribution is 5.26. The van der Waals surface area contributed by atoms with E-state index in [1.807, 2.05) is 13.0 Å². The zero-order valence-electron chi connectivity index (χ0n) is 12.1. The Balaban J connectivity index is 2.33. The molecule has 0 radical (unpaired) electrons. The predicted octanol–water partition coefficient (Wildman–Crippen LogP) is 3.02. The summed E-state index contributed by atoms with van der Waals surface area (Å²) in [7, 11) is 0. The van der Waals surface area contributed by atoms with Gasteiger partial charge in [0.25, 0.3) is 0 Å². The molecule has 1 unspecified atom stereocenters. The summed E-state index contributed by atoms with van der Waals surface area (Å²) in [4.78, 5) is 0. The molecule has 0 spiro atoms. The molecule has 102 valence electrons. The number of nitrogens with zero attached hydrogens (tertiary/aromatic N) is 2. The molecule has 2 aromatic rings. The highest BCUT2D eigenvalue weighted by Crippen LogP contribution is 2.26. The molecule has 0 aliphatic rings. The van der Waals surface area contributed by atoms with Crippen LogP contribution in [0.5, 0.6) is 0 Å². The van der Waals surface area contributed by atoms with Crippen molar-refractivity contribution in [1.29, 1.82) is 0 Å². The minimum atomic E-state index is -0.319. The van der Waals surface area contributed by atoms with Gasteiger partial charge in [0.1, 0.15) is 0 Å². The second kappa shape index (κ2) is 5.57. The van der Waals surface area contributed by atoms with Crippen LogP contribution in [0.3, 0.4) is 0 Å². The van der Waals surface area contributed by atoms with Crippen molar-refractivity contribution >= 4 is 0 Å². The largest absolute Gasteiger partial charge is 0.321 e. The first-order chi connectivity index (χ1) is 9.09. The maximum Gasteiger partial charge on any atom is 0.0596 e. The van der Waals surface area contributed by atoms with Gasteiger partial charge in [0.05, 0.1) is 5.69 Å². The average Bonchev–Trinajstić information content (AvgIpc) is 2.79. The molecule has 0 aliphatic heterocycles. The Kier molecular flexibility index (Phi) is 4.05. The van der Waals surface area contributed by atoms with Gasteiger partial charge in [0.15, 0.2) is 0 Å². The van der Waals surface area contributed by atoms with Crippen LogP contribution in [0.2, 0.25) is 0 Å². The van der Waals surface area contributed by atoms with Crippen molar-refractivity contribution in [3.8, 4) is 0 Å². The summed E-state index contributed by atoms with van der Waals surface area (Å²) in [6.45, 7) is 7.18. The lowest BCUT2D eigenvalue weighted by Crippen LogP contribution is -2.39. The summed E-state index contributed by atoms with van der Waals surface area (Å²) in [5.41, 5.74) is 9.79. The van der Waals surface area contributed by atoms with Gasteiger partial charge < -0.3 is 5.73 Å². The van der Waals surface area contributed by atoms with E-state index in [1.54, 1.807) is 0 Å². The number of nitrogens with two attached hydrogens (primary N) is 1. The first-order valence-corrected chi connectivity index (χ1v) is 6.97. The SMILES string of the molecule is CCn1nc(C)cc1CC(N)(CC)c1ccccc1. The first kappa shape index (κ1) is 13.8. The number of hydrogen-bond acceptors (Lipinski definition) is 2. The van der Waals surface area contributed by atoms with Crippen molar-refractivity contribution < 1.29 is 0 Å². The summed E-state index contributed by atoms with van der Waals surface area (Å²) in [5.74, 6) is 0. The van der Waals surface area contributed by atoms with Gasteiger partial charge in [-0.3, -0.25) is 4.68 Å². The van der Waals surface area contributed by atoms with Crippen molar-refractivity contribution in [2.24, 2.45) is 5.73 Å². The van der Waals surface area contributed by atoms with Gasteiger partial charge in [0, 0.05) is 24.2 Å². The molecule has 0 bridgehead atoms. The normalized spacial score (nSPS) is 14.3. The topological polar surface area (TPSA) is 43.8 Å². The molecule has 0 amide bonds. The molecule has 2 N–H and O–H groups in total. The van der Waals surface area contributed by atoms with Crippen molar-refractivity contribution in [2.75, 3.05) is 0 Å². The van der Waals surface area contributed by atoms with Crippen LogP contribution in [-0.2, 0) is 18.5 Å². The standard InChI is InChI=1S/C16H23N3/c1-4-16(17,14-9-7-6-8-10-14)12-15-11-13(3)18-19(15)5-2/h6-11H,4-5,12,17H2,1-3H3. The second-order valence-corrected chi connectivity index (χ2v) is 5.15. The Hall–Kier alpha value is -1.61. The molecular weight excluding hydrogens is 234 g/mol. The van der Waals surface area contributed by atoms with Crippen LogP contribution in [0.4, 0.5) is 0 Å². The maximum atomic E-state index is 6.64. The lowest BCUT2D eigenvalue weighted by molar-refractivity contribution is 0.408. The highest BCUT2D eigenvalue weighted by atomic mass is 15.3. The third kappa shape index (κ3) is 2.87. The summed E-state index contributed by atoms with van der Waals surface area (Å²) < 4.78 is 2.05.